The molecule has 0 fully saturated rings. The van der Waals surface area contributed by atoms with Gasteiger partial charge in [-0.1, -0.05) is 298 Å². The first-order valence-electron chi connectivity index (χ1n) is 32.7. The molecule has 6 nitrogen and oxygen atoms in total. The lowest BCUT2D eigenvalue weighted by molar-refractivity contribution is -0.167. The van der Waals surface area contributed by atoms with Crippen LogP contribution < -0.4 is 0 Å². The van der Waals surface area contributed by atoms with Crippen molar-refractivity contribution in [2.75, 3.05) is 13.2 Å². The summed E-state index contributed by atoms with van der Waals surface area (Å²) < 4.78 is 17.0. The summed E-state index contributed by atoms with van der Waals surface area (Å²) in [6, 6.07) is 0. The number of unbranched alkanes of at least 4 members (excludes halogenated alkanes) is 32. The molecule has 442 valence electrons. The fourth-order valence-corrected chi connectivity index (χ4v) is 9.25. The molecule has 0 spiro atoms. The number of esters is 3. The number of ether oxygens (including phenoxy) is 3. The van der Waals surface area contributed by atoms with Crippen molar-refractivity contribution in [2.45, 2.75) is 322 Å². The molecule has 6 heteroatoms. The monoisotopic (exact) mass is 1070 g/mol. The maximum Gasteiger partial charge on any atom is 0.306 e. The quantitative estimate of drug-likeness (QED) is 0.0261. The largest absolute Gasteiger partial charge is 0.462 e. The zero-order valence-electron chi connectivity index (χ0n) is 50.7. The molecule has 0 saturated carbocycles. The summed E-state index contributed by atoms with van der Waals surface area (Å²) in [5, 5.41) is 0. The Balaban J connectivity index is 4.35. The molecule has 0 bridgehead atoms. The lowest BCUT2D eigenvalue weighted by atomic mass is 10.0. The average Bonchev–Trinajstić information content (AvgIpc) is 3.43. The van der Waals surface area contributed by atoms with E-state index >= 15 is 0 Å². The van der Waals surface area contributed by atoms with Crippen LogP contribution in [0.25, 0.3) is 0 Å². The Morgan fingerprint density at radius 2 is 0.506 bits per heavy atom. The maximum atomic E-state index is 12.9. The minimum atomic E-state index is -0.786. The topological polar surface area (TPSA) is 78.9 Å². The third-order valence-corrected chi connectivity index (χ3v) is 14.1. The zero-order valence-corrected chi connectivity index (χ0v) is 50.7. The minimum Gasteiger partial charge on any atom is -0.462 e. The highest BCUT2D eigenvalue weighted by Crippen LogP contribution is 2.17. The molecule has 0 radical (unpaired) electrons. The smallest absolute Gasteiger partial charge is 0.306 e. The predicted octanol–water partition coefficient (Wildman–Crippen LogP) is 22.4. The zero-order chi connectivity index (χ0) is 55.7. The van der Waals surface area contributed by atoms with Crippen molar-refractivity contribution in [3.05, 3.63) is 97.2 Å². The van der Waals surface area contributed by atoms with E-state index in [9.17, 15) is 14.4 Å². The predicted molar refractivity (Wildman–Crippen MR) is 334 cm³/mol. The van der Waals surface area contributed by atoms with Crippen molar-refractivity contribution in [3.63, 3.8) is 0 Å². The van der Waals surface area contributed by atoms with Crippen LogP contribution in [-0.4, -0.2) is 37.2 Å². The SMILES string of the molecule is CC/C=C\C/C=C\C/C=C\C/C=C\CCCCCCCCCCCCCCC(=O)OCC(COC(=O)CCCCCCCCCCCCCCCCC)OC(=O)CCCCCCCC/C=C\C/C=C\C/C=C\C/C=C\CC. The van der Waals surface area contributed by atoms with Crippen LogP contribution >= 0.6 is 0 Å². The van der Waals surface area contributed by atoms with Gasteiger partial charge in [-0.15, -0.1) is 0 Å². The van der Waals surface area contributed by atoms with Gasteiger partial charge in [0.15, 0.2) is 6.10 Å². The number of carbonyl (C=O) groups excluding carboxylic acids is 3. The summed E-state index contributed by atoms with van der Waals surface area (Å²) in [5.74, 6) is -0.883. The van der Waals surface area contributed by atoms with Gasteiger partial charge in [-0.2, -0.15) is 0 Å². The number of rotatable bonds is 59. The minimum absolute atomic E-state index is 0.0808. The second kappa shape index (κ2) is 64.9. The first kappa shape index (κ1) is 73.3. The van der Waals surface area contributed by atoms with Gasteiger partial charge in [0, 0.05) is 19.3 Å². The fraction of sp³-hybridized carbons (Fsp3) is 0.732. The Morgan fingerprint density at radius 3 is 0.792 bits per heavy atom. The van der Waals surface area contributed by atoms with Gasteiger partial charge in [0.05, 0.1) is 0 Å². The van der Waals surface area contributed by atoms with Crippen molar-refractivity contribution in [2.24, 2.45) is 0 Å². The fourth-order valence-electron chi connectivity index (χ4n) is 9.25. The van der Waals surface area contributed by atoms with Gasteiger partial charge in [-0.05, 0) is 96.3 Å². The number of hydrogen-bond donors (Lipinski definition) is 0. The van der Waals surface area contributed by atoms with Crippen LogP contribution in [-0.2, 0) is 28.6 Å². The standard InChI is InChI=1S/C71H122O6/c1-4-7-10-13-16-19-22-25-28-30-32-33-34-35-36-37-39-40-43-46-49-52-55-58-61-64-70(73)76-67-68(66-75-69(72)63-60-57-54-51-48-45-42-27-24-21-18-15-12-9-6-3)77-71(74)65-62-59-56-53-50-47-44-41-38-31-29-26-23-20-17-14-11-8-5-2/h7-8,10-11,16-17,19-20,25-26,28-29,32-33,38,41,68H,4-6,9,12-15,18,21-24,27,30-31,34-37,39-40,42-67H2,1-3H3/b10-7-,11-8-,19-16-,20-17-,28-25-,29-26-,33-32-,41-38-. The van der Waals surface area contributed by atoms with Gasteiger partial charge in [0.25, 0.3) is 0 Å². The summed E-state index contributed by atoms with van der Waals surface area (Å²) in [6.45, 7) is 6.44. The van der Waals surface area contributed by atoms with E-state index in [-0.39, 0.29) is 31.1 Å². The van der Waals surface area contributed by atoms with Crippen LogP contribution in [0.5, 0.6) is 0 Å². The molecular weight excluding hydrogens is 949 g/mol. The summed E-state index contributed by atoms with van der Waals surface area (Å²) in [5.41, 5.74) is 0. The van der Waals surface area contributed by atoms with Crippen LogP contribution in [0.3, 0.4) is 0 Å². The molecule has 1 unspecified atom stereocenters. The van der Waals surface area contributed by atoms with Crippen LogP contribution in [0.1, 0.15) is 316 Å². The van der Waals surface area contributed by atoms with E-state index in [1.807, 2.05) is 0 Å². The van der Waals surface area contributed by atoms with Gasteiger partial charge in [-0.25, -0.2) is 0 Å². The van der Waals surface area contributed by atoms with E-state index in [1.54, 1.807) is 0 Å². The molecule has 77 heavy (non-hydrogen) atoms. The first-order chi connectivity index (χ1) is 38.0. The van der Waals surface area contributed by atoms with E-state index < -0.39 is 6.10 Å². The van der Waals surface area contributed by atoms with Gasteiger partial charge >= 0.3 is 17.9 Å². The normalized spacial score (nSPS) is 12.7. The molecule has 0 amide bonds. The lowest BCUT2D eigenvalue weighted by Gasteiger charge is -2.18. The van der Waals surface area contributed by atoms with Crippen molar-refractivity contribution in [1.82, 2.24) is 0 Å². The van der Waals surface area contributed by atoms with Gasteiger partial charge in [0.1, 0.15) is 13.2 Å². The Labute approximate surface area is 477 Å². The van der Waals surface area contributed by atoms with Gasteiger partial charge in [-0.3, -0.25) is 14.4 Å². The van der Waals surface area contributed by atoms with E-state index in [0.29, 0.717) is 19.3 Å². The average molecular weight is 1070 g/mol. The van der Waals surface area contributed by atoms with Crippen LogP contribution in [0.4, 0.5) is 0 Å². The highest BCUT2D eigenvalue weighted by molar-refractivity contribution is 5.71. The molecule has 1 atom stereocenters. The molecule has 0 N–H and O–H groups in total. The maximum absolute atomic E-state index is 12.9. The van der Waals surface area contributed by atoms with Gasteiger partial charge in [0.2, 0.25) is 0 Å². The van der Waals surface area contributed by atoms with Crippen molar-refractivity contribution < 1.29 is 28.6 Å². The van der Waals surface area contributed by atoms with Crippen molar-refractivity contribution in [3.8, 4) is 0 Å². The molecule has 0 saturated heterocycles. The van der Waals surface area contributed by atoms with Crippen molar-refractivity contribution in [1.29, 1.82) is 0 Å². The third kappa shape index (κ3) is 63.0. The van der Waals surface area contributed by atoms with Crippen LogP contribution in [0, 0.1) is 0 Å². The Hall–Kier alpha value is -3.67. The van der Waals surface area contributed by atoms with E-state index in [0.717, 1.165) is 122 Å². The second-order valence-corrected chi connectivity index (χ2v) is 21.6. The summed E-state index contributed by atoms with van der Waals surface area (Å²) in [7, 11) is 0. The Morgan fingerprint density at radius 1 is 0.273 bits per heavy atom. The molecule has 0 aromatic carbocycles. The molecule has 0 aliphatic rings. The molecule has 0 rings (SSSR count). The van der Waals surface area contributed by atoms with E-state index in [2.05, 4.69) is 118 Å². The molecule has 0 heterocycles. The number of carbonyl (C=O) groups is 3. The third-order valence-electron chi connectivity index (χ3n) is 14.1. The summed E-state index contributed by atoms with van der Waals surface area (Å²) in [4.78, 5) is 38.4. The first-order valence-corrected chi connectivity index (χ1v) is 32.7. The highest BCUT2D eigenvalue weighted by Gasteiger charge is 2.19. The molecule has 0 aromatic heterocycles. The van der Waals surface area contributed by atoms with Crippen LogP contribution in [0.15, 0.2) is 97.2 Å². The Bertz CT molecular complexity index is 1510. The molecule has 0 aliphatic carbocycles. The van der Waals surface area contributed by atoms with Crippen molar-refractivity contribution >= 4 is 17.9 Å². The number of hydrogen-bond acceptors (Lipinski definition) is 6. The Kier molecular flexibility index (Phi) is 61.8. The van der Waals surface area contributed by atoms with Crippen LogP contribution in [0.2, 0.25) is 0 Å². The molecule has 0 aromatic rings. The van der Waals surface area contributed by atoms with Gasteiger partial charge < -0.3 is 14.2 Å². The molecule has 0 aliphatic heterocycles. The summed E-state index contributed by atoms with van der Waals surface area (Å²) in [6.07, 6.45) is 87.0. The lowest BCUT2D eigenvalue weighted by Crippen LogP contribution is -2.30. The molecular formula is C71H122O6. The van der Waals surface area contributed by atoms with E-state index in [4.69, 9.17) is 14.2 Å². The second-order valence-electron chi connectivity index (χ2n) is 21.6. The number of allylic oxidation sites excluding steroid dienone is 16. The summed E-state index contributed by atoms with van der Waals surface area (Å²) >= 11 is 0. The highest BCUT2D eigenvalue weighted by atomic mass is 16.6. The van der Waals surface area contributed by atoms with E-state index in [1.165, 1.54) is 154 Å².